The summed E-state index contributed by atoms with van der Waals surface area (Å²) in [6.07, 6.45) is 3.02. The van der Waals surface area contributed by atoms with Gasteiger partial charge in [-0.05, 0) is 12.1 Å². The molecule has 0 bridgehead atoms. The van der Waals surface area contributed by atoms with Crippen molar-refractivity contribution in [3.05, 3.63) is 30.1 Å². The summed E-state index contributed by atoms with van der Waals surface area (Å²) in [5.74, 6) is -0.442. The lowest BCUT2D eigenvalue weighted by atomic mass is 10.3. The van der Waals surface area contributed by atoms with Crippen molar-refractivity contribution in [2.45, 2.75) is 5.51 Å². The van der Waals surface area contributed by atoms with Gasteiger partial charge in [-0.15, -0.1) is 0 Å². The monoisotopic (exact) mass is 272 g/mol. The minimum atomic E-state index is -5.84. The molecule has 10 heteroatoms. The molecule has 0 atom stereocenters. The van der Waals surface area contributed by atoms with Crippen molar-refractivity contribution >= 4 is 16.0 Å². The summed E-state index contributed by atoms with van der Waals surface area (Å²) in [5.41, 5.74) is -0.158. The van der Waals surface area contributed by atoms with Crippen LogP contribution >= 0.6 is 0 Å². The van der Waals surface area contributed by atoms with Crippen molar-refractivity contribution in [2.24, 2.45) is 5.73 Å². The second kappa shape index (κ2) is 5.59. The van der Waals surface area contributed by atoms with E-state index in [1.54, 1.807) is 18.3 Å². The van der Waals surface area contributed by atoms with Gasteiger partial charge >= 0.3 is 15.6 Å². The predicted molar refractivity (Wildman–Crippen MR) is 50.4 cm³/mol. The Labute approximate surface area is 94.0 Å². The second-order valence-electron chi connectivity index (χ2n) is 2.53. The number of nitrogens with two attached hydrogens (primary N) is 1. The molecule has 1 heterocycles. The third-order valence-electron chi connectivity index (χ3n) is 1.24. The molecular formula is C7H7F3N2O4S. The maximum Gasteiger partial charge on any atom is 0.522 e. The van der Waals surface area contributed by atoms with Crippen molar-refractivity contribution in [3.8, 4) is 0 Å². The van der Waals surface area contributed by atoms with E-state index in [2.05, 4.69) is 4.98 Å². The van der Waals surface area contributed by atoms with E-state index in [1.165, 1.54) is 6.20 Å². The number of hydrogen-bond acceptors (Lipinski definition) is 4. The molecule has 0 aliphatic carbocycles. The SMILES string of the molecule is NC(=O)c1cccnc1.O=S(=O)(O)C(F)(F)F. The maximum atomic E-state index is 10.7. The number of alkyl halides is 3. The van der Waals surface area contributed by atoms with Gasteiger partial charge in [0.25, 0.3) is 0 Å². The normalized spacial score (nSPS) is 11.3. The average molecular weight is 272 g/mol. The van der Waals surface area contributed by atoms with Crippen molar-refractivity contribution in [1.82, 2.24) is 4.98 Å². The quantitative estimate of drug-likeness (QED) is 0.573. The molecule has 0 saturated carbocycles. The Morgan fingerprint density at radius 3 is 2.06 bits per heavy atom. The molecule has 0 unspecified atom stereocenters. The van der Waals surface area contributed by atoms with Gasteiger partial charge in [-0.2, -0.15) is 21.6 Å². The molecule has 0 saturated heterocycles. The van der Waals surface area contributed by atoms with E-state index >= 15 is 0 Å². The molecule has 0 spiro atoms. The van der Waals surface area contributed by atoms with Crippen LogP contribution in [-0.2, 0) is 10.1 Å². The fraction of sp³-hybridized carbons (Fsp3) is 0.143. The highest BCUT2D eigenvalue weighted by molar-refractivity contribution is 7.86. The Hall–Kier alpha value is -1.68. The first-order valence-corrected chi connectivity index (χ1v) is 5.23. The molecule has 3 N–H and O–H groups in total. The van der Waals surface area contributed by atoms with Crippen molar-refractivity contribution in [1.29, 1.82) is 0 Å². The number of nitrogens with zero attached hydrogens (tertiary/aromatic N) is 1. The Balaban J connectivity index is 0.000000304. The zero-order valence-electron chi connectivity index (χ0n) is 8.05. The minimum Gasteiger partial charge on any atom is -0.366 e. The number of pyridine rings is 1. The third kappa shape index (κ3) is 5.82. The highest BCUT2D eigenvalue weighted by atomic mass is 32.2. The van der Waals surface area contributed by atoms with Crippen LogP contribution in [0.3, 0.4) is 0 Å². The van der Waals surface area contributed by atoms with Crippen LogP contribution in [0.4, 0.5) is 13.2 Å². The summed E-state index contributed by atoms with van der Waals surface area (Å²) < 4.78 is 57.5. The van der Waals surface area contributed by atoms with Crippen LogP contribution in [0.1, 0.15) is 10.4 Å². The van der Waals surface area contributed by atoms with Gasteiger partial charge in [0.1, 0.15) is 0 Å². The van der Waals surface area contributed by atoms with E-state index in [0.717, 1.165) is 0 Å². The van der Waals surface area contributed by atoms with E-state index in [9.17, 15) is 18.0 Å². The Bertz CT molecular complexity index is 472. The zero-order chi connectivity index (χ0) is 13.7. The highest BCUT2D eigenvalue weighted by Crippen LogP contribution is 2.20. The Kier molecular flexibility index (Phi) is 5.04. The summed E-state index contributed by atoms with van der Waals surface area (Å²) in [5, 5.41) is 0. The van der Waals surface area contributed by atoms with Gasteiger partial charge in [-0.25, -0.2) is 0 Å². The number of carbonyl (C=O) groups excluding carboxylic acids is 1. The number of primary amides is 1. The Morgan fingerprint density at radius 2 is 1.88 bits per heavy atom. The summed E-state index contributed by atoms with van der Waals surface area (Å²) in [6, 6.07) is 3.29. The maximum absolute atomic E-state index is 10.7. The van der Waals surface area contributed by atoms with Gasteiger partial charge in [0, 0.05) is 12.4 Å². The molecule has 1 aromatic rings. The van der Waals surface area contributed by atoms with Gasteiger partial charge in [0.2, 0.25) is 5.91 Å². The van der Waals surface area contributed by atoms with Crippen LogP contribution in [0.2, 0.25) is 0 Å². The van der Waals surface area contributed by atoms with Crippen LogP contribution in [-0.4, -0.2) is 29.4 Å². The van der Waals surface area contributed by atoms with E-state index < -0.39 is 21.5 Å². The Morgan fingerprint density at radius 1 is 1.41 bits per heavy atom. The molecule has 0 fully saturated rings. The minimum absolute atomic E-state index is 0.442. The van der Waals surface area contributed by atoms with Crippen LogP contribution in [0.25, 0.3) is 0 Å². The van der Waals surface area contributed by atoms with E-state index in [1.807, 2.05) is 0 Å². The van der Waals surface area contributed by atoms with Gasteiger partial charge < -0.3 is 5.73 Å². The number of carbonyl (C=O) groups is 1. The van der Waals surface area contributed by atoms with Gasteiger partial charge in [0.15, 0.2) is 0 Å². The first kappa shape index (κ1) is 15.3. The van der Waals surface area contributed by atoms with Crippen molar-refractivity contribution in [3.63, 3.8) is 0 Å². The molecule has 0 aliphatic heterocycles. The molecule has 1 rings (SSSR count). The van der Waals surface area contributed by atoms with Gasteiger partial charge in [-0.1, -0.05) is 0 Å². The predicted octanol–water partition coefficient (Wildman–Crippen LogP) is 0.575. The van der Waals surface area contributed by atoms with Gasteiger partial charge in [0.05, 0.1) is 5.56 Å². The molecule has 0 aromatic carbocycles. The van der Waals surface area contributed by atoms with Crippen LogP contribution in [0, 0.1) is 0 Å². The largest absolute Gasteiger partial charge is 0.522 e. The molecule has 0 radical (unpaired) electrons. The average Bonchev–Trinajstić information content (AvgIpc) is 2.17. The molecular weight excluding hydrogens is 265 g/mol. The number of halogens is 3. The topological polar surface area (TPSA) is 110 Å². The summed E-state index contributed by atoms with van der Waals surface area (Å²) in [4.78, 5) is 14.1. The van der Waals surface area contributed by atoms with E-state index in [4.69, 9.17) is 18.7 Å². The fourth-order valence-corrected chi connectivity index (χ4v) is 0.509. The lowest BCUT2D eigenvalue weighted by Crippen LogP contribution is -2.21. The summed E-state index contributed by atoms with van der Waals surface area (Å²) >= 11 is 0. The van der Waals surface area contributed by atoms with Crippen LogP contribution < -0.4 is 5.73 Å². The van der Waals surface area contributed by atoms with E-state index in [-0.39, 0.29) is 0 Å². The highest BCUT2D eigenvalue weighted by Gasteiger charge is 2.44. The van der Waals surface area contributed by atoms with Crippen molar-refractivity contribution < 1.29 is 30.9 Å². The summed E-state index contributed by atoms with van der Waals surface area (Å²) in [6.45, 7) is 0. The van der Waals surface area contributed by atoms with Crippen molar-refractivity contribution in [2.75, 3.05) is 0 Å². The third-order valence-corrected chi connectivity index (χ3v) is 1.82. The van der Waals surface area contributed by atoms with Crippen LogP contribution in [0.5, 0.6) is 0 Å². The summed E-state index contributed by atoms with van der Waals surface area (Å²) in [7, 11) is -5.84. The molecule has 6 nitrogen and oxygen atoms in total. The molecule has 0 aliphatic rings. The second-order valence-corrected chi connectivity index (χ2v) is 3.94. The standard InChI is InChI=1S/C6H6N2O.CHF3O3S/c7-6(9)5-2-1-3-8-4-5;2-1(3,4)8(5,6)7/h1-4H,(H2,7,9);(H,5,6,7). The number of aromatic nitrogens is 1. The molecule has 96 valence electrons. The number of hydrogen-bond donors (Lipinski definition) is 2. The van der Waals surface area contributed by atoms with Crippen LogP contribution in [0.15, 0.2) is 24.5 Å². The smallest absolute Gasteiger partial charge is 0.366 e. The molecule has 1 amide bonds. The zero-order valence-corrected chi connectivity index (χ0v) is 8.86. The lowest BCUT2D eigenvalue weighted by molar-refractivity contribution is -0.0510. The molecule has 1 aromatic heterocycles. The fourth-order valence-electron chi connectivity index (χ4n) is 0.509. The first-order valence-electron chi connectivity index (χ1n) is 3.79. The first-order chi connectivity index (χ1) is 7.55. The number of amides is 1. The number of rotatable bonds is 1. The molecule has 17 heavy (non-hydrogen) atoms. The van der Waals surface area contributed by atoms with E-state index in [0.29, 0.717) is 5.56 Å². The lowest BCUT2D eigenvalue weighted by Gasteiger charge is -1.97. The van der Waals surface area contributed by atoms with Gasteiger partial charge in [-0.3, -0.25) is 14.3 Å².